The van der Waals surface area contributed by atoms with E-state index < -0.39 is 0 Å². The SMILES string of the molecule is COc1c(Cl)cc(C(=O)N(Cc2ccccc2)C(C)C)cc1Cl. The van der Waals surface area contributed by atoms with Gasteiger partial charge in [0, 0.05) is 18.2 Å². The van der Waals surface area contributed by atoms with Gasteiger partial charge in [-0.15, -0.1) is 0 Å². The minimum Gasteiger partial charge on any atom is -0.494 e. The van der Waals surface area contributed by atoms with Crippen molar-refractivity contribution in [2.24, 2.45) is 0 Å². The highest BCUT2D eigenvalue weighted by Crippen LogP contribution is 2.34. The Kier molecular flexibility index (Phi) is 5.91. The Morgan fingerprint density at radius 1 is 1.13 bits per heavy atom. The summed E-state index contributed by atoms with van der Waals surface area (Å²) in [5, 5.41) is 0.651. The predicted octanol–water partition coefficient (Wildman–Crippen LogP) is 5.05. The lowest BCUT2D eigenvalue weighted by Gasteiger charge is -2.27. The molecule has 0 aliphatic rings. The Labute approximate surface area is 146 Å². The number of halogens is 2. The van der Waals surface area contributed by atoms with Crippen molar-refractivity contribution in [3.8, 4) is 5.75 Å². The maximum Gasteiger partial charge on any atom is 0.254 e. The Hall–Kier alpha value is -1.71. The molecular formula is C18H19Cl2NO2. The molecule has 0 atom stereocenters. The van der Waals surface area contributed by atoms with E-state index in [1.54, 1.807) is 17.0 Å². The van der Waals surface area contributed by atoms with Gasteiger partial charge in [0.25, 0.3) is 5.91 Å². The third-order valence-electron chi connectivity index (χ3n) is 3.53. The quantitative estimate of drug-likeness (QED) is 0.753. The minimum atomic E-state index is -0.115. The number of methoxy groups -OCH3 is 1. The van der Waals surface area contributed by atoms with E-state index in [4.69, 9.17) is 27.9 Å². The van der Waals surface area contributed by atoms with E-state index in [-0.39, 0.29) is 11.9 Å². The molecule has 0 spiro atoms. The molecule has 23 heavy (non-hydrogen) atoms. The van der Waals surface area contributed by atoms with E-state index in [1.165, 1.54) is 7.11 Å². The standard InChI is InChI=1S/C18H19Cl2NO2/c1-12(2)21(11-13-7-5-4-6-8-13)18(22)14-9-15(19)17(23-3)16(20)10-14/h4-10,12H,11H2,1-3H3. The molecule has 0 bridgehead atoms. The first kappa shape index (κ1) is 17.6. The van der Waals surface area contributed by atoms with Crippen LogP contribution < -0.4 is 4.74 Å². The largest absolute Gasteiger partial charge is 0.494 e. The van der Waals surface area contributed by atoms with Gasteiger partial charge in [0.05, 0.1) is 17.2 Å². The van der Waals surface area contributed by atoms with Crippen LogP contribution in [0.3, 0.4) is 0 Å². The summed E-state index contributed by atoms with van der Waals surface area (Å²) in [5.74, 6) is 0.263. The first-order chi connectivity index (χ1) is 10.9. The van der Waals surface area contributed by atoms with Gasteiger partial charge in [0.15, 0.2) is 5.75 Å². The maximum atomic E-state index is 12.9. The van der Waals surface area contributed by atoms with Crippen LogP contribution in [-0.4, -0.2) is 24.0 Å². The van der Waals surface area contributed by atoms with Crippen molar-refractivity contribution in [2.75, 3.05) is 7.11 Å². The number of ether oxygens (including phenoxy) is 1. The second kappa shape index (κ2) is 7.71. The summed E-state index contributed by atoms with van der Waals surface area (Å²) in [7, 11) is 1.49. The smallest absolute Gasteiger partial charge is 0.254 e. The molecule has 0 fully saturated rings. The molecule has 1 amide bonds. The van der Waals surface area contributed by atoms with Crippen LogP contribution in [0.4, 0.5) is 0 Å². The molecule has 3 nitrogen and oxygen atoms in total. The monoisotopic (exact) mass is 351 g/mol. The van der Waals surface area contributed by atoms with Crippen molar-refractivity contribution >= 4 is 29.1 Å². The van der Waals surface area contributed by atoms with Crippen LogP contribution in [0.2, 0.25) is 10.0 Å². The molecule has 0 saturated heterocycles. The zero-order valence-corrected chi connectivity index (χ0v) is 14.9. The van der Waals surface area contributed by atoms with Gasteiger partial charge in [0.2, 0.25) is 0 Å². The summed E-state index contributed by atoms with van der Waals surface area (Å²) in [6, 6.07) is 13.1. The fraction of sp³-hybridized carbons (Fsp3) is 0.278. The number of carbonyl (C=O) groups is 1. The summed E-state index contributed by atoms with van der Waals surface area (Å²) < 4.78 is 5.13. The molecule has 0 aliphatic heterocycles. The van der Waals surface area contributed by atoms with Gasteiger partial charge in [-0.05, 0) is 31.5 Å². The molecule has 0 heterocycles. The third kappa shape index (κ3) is 4.18. The van der Waals surface area contributed by atoms with E-state index in [1.807, 2.05) is 44.2 Å². The Bertz CT molecular complexity index is 664. The molecule has 0 saturated carbocycles. The summed E-state index contributed by atoms with van der Waals surface area (Å²) in [6.45, 7) is 4.49. The van der Waals surface area contributed by atoms with E-state index >= 15 is 0 Å². The van der Waals surface area contributed by atoms with Crippen molar-refractivity contribution in [1.29, 1.82) is 0 Å². The number of nitrogens with zero attached hydrogens (tertiary/aromatic N) is 1. The Balaban J connectivity index is 2.31. The molecule has 0 aliphatic carbocycles. The maximum absolute atomic E-state index is 12.9. The van der Waals surface area contributed by atoms with Crippen LogP contribution in [0.25, 0.3) is 0 Å². The molecule has 2 aromatic carbocycles. The zero-order chi connectivity index (χ0) is 17.0. The molecule has 5 heteroatoms. The molecule has 0 aromatic heterocycles. The van der Waals surface area contributed by atoms with Crippen molar-refractivity contribution in [3.05, 3.63) is 63.6 Å². The summed E-state index contributed by atoms with van der Waals surface area (Å²) >= 11 is 12.3. The second-order valence-corrected chi connectivity index (χ2v) is 6.30. The molecule has 0 radical (unpaired) electrons. The normalized spacial score (nSPS) is 10.7. The lowest BCUT2D eigenvalue weighted by atomic mass is 10.1. The Morgan fingerprint density at radius 2 is 1.70 bits per heavy atom. The van der Waals surface area contributed by atoms with Gasteiger partial charge in [-0.25, -0.2) is 0 Å². The van der Waals surface area contributed by atoms with Crippen molar-refractivity contribution in [2.45, 2.75) is 26.4 Å². The highest BCUT2D eigenvalue weighted by atomic mass is 35.5. The van der Waals surface area contributed by atoms with Gasteiger partial charge in [-0.3, -0.25) is 4.79 Å². The number of carbonyl (C=O) groups excluding carboxylic acids is 1. The Morgan fingerprint density at radius 3 is 2.17 bits per heavy atom. The lowest BCUT2D eigenvalue weighted by molar-refractivity contribution is 0.0690. The summed E-state index contributed by atoms with van der Waals surface area (Å²) in [6.07, 6.45) is 0. The fourth-order valence-electron chi connectivity index (χ4n) is 2.31. The van der Waals surface area contributed by atoms with Crippen LogP contribution in [-0.2, 0) is 6.54 Å². The number of hydrogen-bond donors (Lipinski definition) is 0. The second-order valence-electron chi connectivity index (χ2n) is 5.49. The topological polar surface area (TPSA) is 29.5 Å². The summed E-state index contributed by atoms with van der Waals surface area (Å²) in [5.41, 5.74) is 1.52. The molecular weight excluding hydrogens is 333 g/mol. The molecule has 0 N–H and O–H groups in total. The van der Waals surface area contributed by atoms with Gasteiger partial charge in [-0.1, -0.05) is 53.5 Å². The van der Waals surface area contributed by atoms with Gasteiger partial charge < -0.3 is 9.64 Å². The van der Waals surface area contributed by atoms with Crippen LogP contribution in [0.15, 0.2) is 42.5 Å². The van der Waals surface area contributed by atoms with E-state index in [0.717, 1.165) is 5.56 Å². The molecule has 0 unspecified atom stereocenters. The third-order valence-corrected chi connectivity index (χ3v) is 4.09. The van der Waals surface area contributed by atoms with Gasteiger partial charge in [-0.2, -0.15) is 0 Å². The van der Waals surface area contributed by atoms with E-state index in [0.29, 0.717) is 27.9 Å². The average molecular weight is 352 g/mol. The van der Waals surface area contributed by atoms with E-state index in [2.05, 4.69) is 0 Å². The minimum absolute atomic E-state index is 0.0439. The van der Waals surface area contributed by atoms with Crippen LogP contribution in [0.1, 0.15) is 29.8 Å². The van der Waals surface area contributed by atoms with Crippen molar-refractivity contribution in [3.63, 3.8) is 0 Å². The molecule has 122 valence electrons. The highest BCUT2D eigenvalue weighted by molar-refractivity contribution is 6.37. The number of hydrogen-bond acceptors (Lipinski definition) is 2. The number of rotatable bonds is 5. The molecule has 2 aromatic rings. The van der Waals surface area contributed by atoms with Crippen molar-refractivity contribution < 1.29 is 9.53 Å². The van der Waals surface area contributed by atoms with Crippen LogP contribution >= 0.6 is 23.2 Å². The predicted molar refractivity (Wildman–Crippen MR) is 94.5 cm³/mol. The zero-order valence-electron chi connectivity index (χ0n) is 13.3. The first-order valence-corrected chi connectivity index (χ1v) is 8.07. The highest BCUT2D eigenvalue weighted by Gasteiger charge is 2.21. The number of amides is 1. The average Bonchev–Trinajstić information content (AvgIpc) is 2.52. The van der Waals surface area contributed by atoms with Crippen LogP contribution in [0, 0.1) is 0 Å². The first-order valence-electron chi connectivity index (χ1n) is 7.32. The lowest BCUT2D eigenvalue weighted by Crippen LogP contribution is -2.36. The van der Waals surface area contributed by atoms with Gasteiger partial charge >= 0.3 is 0 Å². The summed E-state index contributed by atoms with van der Waals surface area (Å²) in [4.78, 5) is 14.6. The number of benzene rings is 2. The van der Waals surface area contributed by atoms with Gasteiger partial charge in [0.1, 0.15) is 0 Å². The van der Waals surface area contributed by atoms with Crippen molar-refractivity contribution in [1.82, 2.24) is 4.90 Å². The fourth-order valence-corrected chi connectivity index (χ4v) is 2.95. The van der Waals surface area contributed by atoms with E-state index in [9.17, 15) is 4.79 Å². The van der Waals surface area contributed by atoms with Crippen LogP contribution in [0.5, 0.6) is 5.75 Å². The molecule has 2 rings (SSSR count).